The van der Waals surface area contributed by atoms with Crippen molar-refractivity contribution in [3.63, 3.8) is 0 Å². The number of hydrogen-bond donors (Lipinski definition) is 0. The molecule has 1 aliphatic heterocycles. The molecule has 2 nitrogen and oxygen atoms in total. The minimum atomic E-state index is 0.217. The van der Waals surface area contributed by atoms with Gasteiger partial charge in [-0.25, -0.2) is 0 Å². The van der Waals surface area contributed by atoms with Gasteiger partial charge < -0.3 is 4.90 Å². The fourth-order valence-corrected chi connectivity index (χ4v) is 1.77. The summed E-state index contributed by atoms with van der Waals surface area (Å²) in [7, 11) is 2.03. The molecule has 2 heteroatoms. The molecular formula is C12H12N2. The highest BCUT2D eigenvalue weighted by atomic mass is 15.1. The largest absolute Gasteiger partial charge is 0.367 e. The van der Waals surface area contributed by atoms with Crippen molar-refractivity contribution in [2.45, 2.75) is 12.5 Å². The first kappa shape index (κ1) is 8.83. The Kier molecular flexibility index (Phi) is 2.24. The molecule has 0 saturated heterocycles. The number of nitriles is 1. The summed E-state index contributed by atoms with van der Waals surface area (Å²) >= 11 is 0. The molecule has 0 bridgehead atoms. The lowest BCUT2D eigenvalue weighted by Gasteiger charge is -2.30. The van der Waals surface area contributed by atoms with Crippen molar-refractivity contribution < 1.29 is 0 Å². The van der Waals surface area contributed by atoms with Crippen molar-refractivity contribution in [3.05, 3.63) is 35.9 Å². The lowest BCUT2D eigenvalue weighted by atomic mass is 10.0. The second kappa shape index (κ2) is 3.55. The number of benzene rings is 1. The second-order valence-electron chi connectivity index (χ2n) is 3.46. The number of likely N-dealkylation sites (N-methyl/N-ethyl adjacent to an activating group) is 1. The van der Waals surface area contributed by atoms with Crippen LogP contribution in [0.25, 0.3) is 6.08 Å². The van der Waals surface area contributed by atoms with Gasteiger partial charge in [-0.1, -0.05) is 30.4 Å². The van der Waals surface area contributed by atoms with E-state index in [9.17, 15) is 0 Å². The van der Waals surface area contributed by atoms with Gasteiger partial charge in [-0.05, 0) is 11.6 Å². The molecule has 0 aliphatic carbocycles. The maximum absolute atomic E-state index is 8.67. The van der Waals surface area contributed by atoms with Gasteiger partial charge in [-0.15, -0.1) is 0 Å². The van der Waals surface area contributed by atoms with Crippen LogP contribution in [0.3, 0.4) is 0 Å². The molecule has 0 saturated carbocycles. The van der Waals surface area contributed by atoms with Crippen molar-refractivity contribution in [1.82, 2.24) is 0 Å². The third kappa shape index (κ3) is 1.38. The summed E-state index contributed by atoms with van der Waals surface area (Å²) in [6.07, 6.45) is 4.73. The fourth-order valence-electron chi connectivity index (χ4n) is 1.77. The van der Waals surface area contributed by atoms with Crippen LogP contribution in [-0.2, 0) is 0 Å². The molecule has 1 atom stereocenters. The Morgan fingerprint density at radius 3 is 3.00 bits per heavy atom. The molecule has 2 rings (SSSR count). The molecule has 1 unspecified atom stereocenters. The van der Waals surface area contributed by atoms with Gasteiger partial charge in [0.2, 0.25) is 0 Å². The zero-order chi connectivity index (χ0) is 9.97. The highest BCUT2D eigenvalue weighted by Gasteiger charge is 2.17. The summed E-state index contributed by atoms with van der Waals surface area (Å²) in [6.45, 7) is 0. The lowest BCUT2D eigenvalue weighted by Crippen LogP contribution is -2.31. The van der Waals surface area contributed by atoms with E-state index in [-0.39, 0.29) is 6.04 Å². The van der Waals surface area contributed by atoms with E-state index in [0.717, 1.165) is 0 Å². The van der Waals surface area contributed by atoms with Crippen molar-refractivity contribution in [2.24, 2.45) is 0 Å². The Morgan fingerprint density at radius 2 is 2.21 bits per heavy atom. The van der Waals surface area contributed by atoms with E-state index in [2.05, 4.69) is 35.3 Å². The second-order valence-corrected chi connectivity index (χ2v) is 3.46. The van der Waals surface area contributed by atoms with Gasteiger partial charge in [-0.2, -0.15) is 5.26 Å². The number of nitrogens with zero attached hydrogens (tertiary/aromatic N) is 2. The molecule has 1 aromatic carbocycles. The van der Waals surface area contributed by atoms with E-state index in [1.165, 1.54) is 11.3 Å². The fraction of sp³-hybridized carbons (Fsp3) is 0.250. The van der Waals surface area contributed by atoms with Crippen LogP contribution in [0.4, 0.5) is 5.69 Å². The minimum Gasteiger partial charge on any atom is -0.367 e. The van der Waals surface area contributed by atoms with Crippen LogP contribution in [0.5, 0.6) is 0 Å². The summed E-state index contributed by atoms with van der Waals surface area (Å²) in [4.78, 5) is 2.15. The zero-order valence-electron chi connectivity index (χ0n) is 8.14. The van der Waals surface area contributed by atoms with E-state index in [4.69, 9.17) is 5.26 Å². The molecule has 0 fully saturated rings. The molecule has 0 aromatic heterocycles. The molecule has 0 radical (unpaired) electrons. The summed E-state index contributed by atoms with van der Waals surface area (Å²) < 4.78 is 0. The molecule has 14 heavy (non-hydrogen) atoms. The first-order valence-corrected chi connectivity index (χ1v) is 4.70. The van der Waals surface area contributed by atoms with Gasteiger partial charge in [0.25, 0.3) is 0 Å². The number of hydrogen-bond acceptors (Lipinski definition) is 2. The van der Waals surface area contributed by atoms with Crippen LogP contribution in [-0.4, -0.2) is 13.1 Å². The third-order valence-electron chi connectivity index (χ3n) is 2.61. The average molecular weight is 184 g/mol. The minimum absolute atomic E-state index is 0.217. The van der Waals surface area contributed by atoms with Gasteiger partial charge in [0, 0.05) is 12.7 Å². The maximum Gasteiger partial charge on any atom is 0.0646 e. The number of fused-ring (bicyclic) bond motifs is 1. The molecule has 0 amide bonds. The predicted octanol–water partition coefficient (Wildman–Crippen LogP) is 2.43. The molecule has 1 aromatic rings. The summed E-state index contributed by atoms with van der Waals surface area (Å²) in [5.74, 6) is 0. The smallest absolute Gasteiger partial charge is 0.0646 e. The van der Waals surface area contributed by atoms with Gasteiger partial charge in [0.1, 0.15) is 0 Å². The highest BCUT2D eigenvalue weighted by molar-refractivity contribution is 5.71. The van der Waals surface area contributed by atoms with Crippen LogP contribution < -0.4 is 4.90 Å². The van der Waals surface area contributed by atoms with E-state index in [1.807, 2.05) is 19.2 Å². The van der Waals surface area contributed by atoms with E-state index in [0.29, 0.717) is 6.42 Å². The Labute approximate surface area is 84.1 Å². The number of anilines is 1. The molecule has 0 N–H and O–H groups in total. The number of para-hydroxylation sites is 1. The third-order valence-corrected chi connectivity index (χ3v) is 2.61. The van der Waals surface area contributed by atoms with E-state index in [1.54, 1.807) is 0 Å². The standard InChI is InChI=1S/C12H12N2/c1-14-11(8-9-13)7-6-10-4-2-3-5-12(10)14/h2-7,11H,8H2,1H3. The van der Waals surface area contributed by atoms with Crippen LogP contribution in [0.15, 0.2) is 30.3 Å². The first-order valence-electron chi connectivity index (χ1n) is 4.70. The van der Waals surface area contributed by atoms with Gasteiger partial charge >= 0.3 is 0 Å². The van der Waals surface area contributed by atoms with Crippen molar-refractivity contribution in [1.29, 1.82) is 5.26 Å². The van der Waals surface area contributed by atoms with Crippen LogP contribution in [0, 0.1) is 11.3 Å². The van der Waals surface area contributed by atoms with Gasteiger partial charge in [0.15, 0.2) is 0 Å². The van der Waals surface area contributed by atoms with Gasteiger partial charge in [0.05, 0.1) is 18.5 Å². The maximum atomic E-state index is 8.67. The average Bonchev–Trinajstić information content (AvgIpc) is 2.23. The van der Waals surface area contributed by atoms with Crippen LogP contribution in [0.2, 0.25) is 0 Å². The van der Waals surface area contributed by atoms with Gasteiger partial charge in [-0.3, -0.25) is 0 Å². The Bertz CT molecular complexity index is 401. The van der Waals surface area contributed by atoms with Crippen LogP contribution in [0.1, 0.15) is 12.0 Å². The van der Waals surface area contributed by atoms with Crippen molar-refractivity contribution in [3.8, 4) is 6.07 Å². The zero-order valence-corrected chi connectivity index (χ0v) is 8.14. The SMILES string of the molecule is CN1c2ccccc2C=CC1CC#N. The monoisotopic (exact) mass is 184 g/mol. The highest BCUT2D eigenvalue weighted by Crippen LogP contribution is 2.27. The predicted molar refractivity (Wildman–Crippen MR) is 57.9 cm³/mol. The van der Waals surface area contributed by atoms with E-state index < -0.39 is 0 Å². The molecular weight excluding hydrogens is 172 g/mol. The molecule has 0 spiro atoms. The molecule has 1 heterocycles. The quantitative estimate of drug-likeness (QED) is 0.670. The van der Waals surface area contributed by atoms with E-state index >= 15 is 0 Å². The van der Waals surface area contributed by atoms with Crippen molar-refractivity contribution >= 4 is 11.8 Å². The molecule has 70 valence electrons. The Morgan fingerprint density at radius 1 is 1.43 bits per heavy atom. The summed E-state index contributed by atoms with van der Waals surface area (Å²) in [5, 5.41) is 8.67. The topological polar surface area (TPSA) is 27.0 Å². The Hall–Kier alpha value is -1.75. The lowest BCUT2D eigenvalue weighted by molar-refractivity contribution is 0.762. The summed E-state index contributed by atoms with van der Waals surface area (Å²) in [5.41, 5.74) is 2.43. The van der Waals surface area contributed by atoms with Crippen molar-refractivity contribution in [2.75, 3.05) is 11.9 Å². The number of rotatable bonds is 1. The van der Waals surface area contributed by atoms with Crippen LogP contribution >= 0.6 is 0 Å². The summed E-state index contributed by atoms with van der Waals surface area (Å²) in [6, 6.07) is 10.7. The first-order chi connectivity index (χ1) is 6.83. The normalized spacial score (nSPS) is 18.9. The Balaban J connectivity index is 2.36. The molecule has 1 aliphatic rings.